The van der Waals surface area contributed by atoms with Gasteiger partial charge in [0.25, 0.3) is 0 Å². The molecule has 0 bridgehead atoms. The highest BCUT2D eigenvalue weighted by molar-refractivity contribution is 5.88. The molecule has 94 valence electrons. The fraction of sp³-hybridized carbons (Fsp3) is 0.273. The number of nitrogens with one attached hydrogen (secondary N) is 1. The molecule has 0 amide bonds. The summed E-state index contributed by atoms with van der Waals surface area (Å²) in [7, 11) is 1.84. The van der Waals surface area contributed by atoms with Crippen LogP contribution in [-0.4, -0.2) is 30.8 Å². The van der Waals surface area contributed by atoms with E-state index in [4.69, 9.17) is 5.11 Å². The van der Waals surface area contributed by atoms with Crippen molar-refractivity contribution in [3.05, 3.63) is 36.0 Å². The molecule has 2 aromatic heterocycles. The van der Waals surface area contributed by atoms with Gasteiger partial charge in [0.15, 0.2) is 5.82 Å². The van der Waals surface area contributed by atoms with E-state index in [-0.39, 0.29) is 11.6 Å². The highest BCUT2D eigenvalue weighted by atomic mass is 16.4. The van der Waals surface area contributed by atoms with Gasteiger partial charge in [-0.15, -0.1) is 10.2 Å². The van der Waals surface area contributed by atoms with Crippen LogP contribution < -0.4 is 5.32 Å². The number of nitrogens with zero attached hydrogens (tertiary/aromatic N) is 4. The molecule has 0 saturated carbocycles. The molecule has 0 aliphatic carbocycles. The lowest BCUT2D eigenvalue weighted by Crippen LogP contribution is -2.13. The fourth-order valence-electron chi connectivity index (χ4n) is 1.61. The average molecular weight is 247 g/mol. The van der Waals surface area contributed by atoms with Crippen molar-refractivity contribution >= 4 is 11.8 Å². The molecular weight excluding hydrogens is 234 g/mol. The maximum atomic E-state index is 10.8. The molecule has 0 radical (unpaired) electrons. The molecule has 1 unspecified atom stereocenters. The molecular formula is C11H13N5O2. The van der Waals surface area contributed by atoms with Gasteiger partial charge < -0.3 is 15.0 Å². The monoisotopic (exact) mass is 247 g/mol. The zero-order valence-corrected chi connectivity index (χ0v) is 10.0. The van der Waals surface area contributed by atoms with Crippen molar-refractivity contribution < 1.29 is 9.90 Å². The van der Waals surface area contributed by atoms with Gasteiger partial charge in [-0.2, -0.15) is 0 Å². The molecule has 0 fully saturated rings. The summed E-state index contributed by atoms with van der Waals surface area (Å²) in [6, 6.07) is 2.81. The first-order valence-corrected chi connectivity index (χ1v) is 5.37. The molecule has 18 heavy (non-hydrogen) atoms. The molecule has 7 nitrogen and oxygen atoms in total. The first kappa shape index (κ1) is 12.0. The molecule has 2 N–H and O–H groups in total. The van der Waals surface area contributed by atoms with Gasteiger partial charge in [0.2, 0.25) is 0 Å². The number of anilines is 1. The van der Waals surface area contributed by atoms with Gasteiger partial charge in [-0.05, 0) is 19.1 Å². The first-order chi connectivity index (χ1) is 8.58. The third kappa shape index (κ3) is 2.45. The van der Waals surface area contributed by atoms with E-state index >= 15 is 0 Å². The van der Waals surface area contributed by atoms with Gasteiger partial charge in [-0.25, -0.2) is 9.78 Å². The maximum absolute atomic E-state index is 10.8. The Morgan fingerprint density at radius 3 is 2.94 bits per heavy atom. The SMILES string of the molecule is CC(Nc1cc(C(=O)O)ccn1)c1nncn1C. The van der Waals surface area contributed by atoms with Gasteiger partial charge in [-0.3, -0.25) is 0 Å². The molecule has 2 aromatic rings. The topological polar surface area (TPSA) is 92.9 Å². The van der Waals surface area contributed by atoms with E-state index in [0.717, 1.165) is 5.82 Å². The second-order valence-corrected chi connectivity index (χ2v) is 3.90. The van der Waals surface area contributed by atoms with Crippen LogP contribution in [0.2, 0.25) is 0 Å². The van der Waals surface area contributed by atoms with E-state index in [1.807, 2.05) is 14.0 Å². The molecule has 2 rings (SSSR count). The Morgan fingerprint density at radius 1 is 1.56 bits per heavy atom. The summed E-state index contributed by atoms with van der Waals surface area (Å²) in [5.74, 6) is 0.259. The van der Waals surface area contributed by atoms with Crippen molar-refractivity contribution in [2.75, 3.05) is 5.32 Å². The van der Waals surface area contributed by atoms with Gasteiger partial charge in [0.05, 0.1) is 11.6 Å². The second kappa shape index (κ2) is 4.82. The lowest BCUT2D eigenvalue weighted by molar-refractivity contribution is 0.0697. The summed E-state index contributed by atoms with van der Waals surface area (Å²) in [5, 5.41) is 19.7. The van der Waals surface area contributed by atoms with E-state index in [1.54, 1.807) is 10.9 Å². The van der Waals surface area contributed by atoms with Crippen molar-refractivity contribution in [1.82, 2.24) is 19.7 Å². The van der Waals surface area contributed by atoms with Gasteiger partial charge in [0, 0.05) is 13.2 Å². The Morgan fingerprint density at radius 2 is 2.33 bits per heavy atom. The van der Waals surface area contributed by atoms with E-state index in [9.17, 15) is 4.79 Å². The largest absolute Gasteiger partial charge is 0.478 e. The van der Waals surface area contributed by atoms with Crippen molar-refractivity contribution in [2.24, 2.45) is 7.05 Å². The third-order valence-corrected chi connectivity index (χ3v) is 2.50. The van der Waals surface area contributed by atoms with Crippen molar-refractivity contribution in [3.63, 3.8) is 0 Å². The normalized spacial score (nSPS) is 12.1. The summed E-state index contributed by atoms with van der Waals surface area (Å²) < 4.78 is 1.79. The van der Waals surface area contributed by atoms with Crippen molar-refractivity contribution in [3.8, 4) is 0 Å². The maximum Gasteiger partial charge on any atom is 0.335 e. The number of hydrogen-bond acceptors (Lipinski definition) is 5. The molecule has 0 spiro atoms. The van der Waals surface area contributed by atoms with E-state index in [1.165, 1.54) is 18.3 Å². The summed E-state index contributed by atoms with van der Waals surface area (Å²) >= 11 is 0. The number of aryl methyl sites for hydroxylation is 1. The molecule has 0 saturated heterocycles. The van der Waals surface area contributed by atoms with Crippen LogP contribution in [0.5, 0.6) is 0 Å². The molecule has 1 atom stereocenters. The number of carboxylic acids is 1. The summed E-state index contributed by atoms with van der Waals surface area (Å²) in [6.07, 6.45) is 3.06. The van der Waals surface area contributed by atoms with Crippen LogP contribution in [0.4, 0.5) is 5.82 Å². The van der Waals surface area contributed by atoms with Gasteiger partial charge in [0.1, 0.15) is 12.1 Å². The number of carboxylic acid groups (broad SMARTS) is 1. The number of rotatable bonds is 4. The zero-order chi connectivity index (χ0) is 13.1. The van der Waals surface area contributed by atoms with Crippen LogP contribution in [0.15, 0.2) is 24.7 Å². The Bertz CT molecular complexity index is 566. The lowest BCUT2D eigenvalue weighted by Gasteiger charge is -2.13. The number of pyridine rings is 1. The smallest absolute Gasteiger partial charge is 0.335 e. The van der Waals surface area contributed by atoms with Crippen molar-refractivity contribution in [2.45, 2.75) is 13.0 Å². The van der Waals surface area contributed by atoms with Crippen LogP contribution in [-0.2, 0) is 7.05 Å². The minimum Gasteiger partial charge on any atom is -0.478 e. The highest BCUT2D eigenvalue weighted by Crippen LogP contribution is 2.15. The van der Waals surface area contributed by atoms with E-state index in [2.05, 4.69) is 20.5 Å². The zero-order valence-electron chi connectivity index (χ0n) is 10.0. The minimum absolute atomic E-state index is 0.117. The van der Waals surface area contributed by atoms with Crippen LogP contribution in [0.25, 0.3) is 0 Å². The Hall–Kier alpha value is -2.44. The molecule has 0 aromatic carbocycles. The highest BCUT2D eigenvalue weighted by Gasteiger charge is 2.12. The molecule has 0 aliphatic rings. The van der Waals surface area contributed by atoms with Crippen LogP contribution in [0, 0.1) is 0 Å². The predicted molar refractivity (Wildman–Crippen MR) is 64.2 cm³/mol. The third-order valence-electron chi connectivity index (χ3n) is 2.50. The molecule has 7 heteroatoms. The average Bonchev–Trinajstić information content (AvgIpc) is 2.76. The first-order valence-electron chi connectivity index (χ1n) is 5.37. The van der Waals surface area contributed by atoms with Crippen LogP contribution in [0.3, 0.4) is 0 Å². The van der Waals surface area contributed by atoms with Gasteiger partial charge in [-0.1, -0.05) is 0 Å². The van der Waals surface area contributed by atoms with Gasteiger partial charge >= 0.3 is 5.97 Å². The molecule has 0 aliphatic heterocycles. The summed E-state index contributed by atoms with van der Waals surface area (Å²) in [5.41, 5.74) is 0.192. The lowest BCUT2D eigenvalue weighted by atomic mass is 10.2. The fourth-order valence-corrected chi connectivity index (χ4v) is 1.61. The Kier molecular flexibility index (Phi) is 3.22. The Labute approximate surface area is 104 Å². The van der Waals surface area contributed by atoms with Crippen LogP contribution >= 0.6 is 0 Å². The minimum atomic E-state index is -0.980. The second-order valence-electron chi connectivity index (χ2n) is 3.90. The summed E-state index contributed by atoms with van der Waals surface area (Å²) in [4.78, 5) is 14.9. The Balaban J connectivity index is 2.17. The standard InChI is InChI=1S/C11H13N5O2/c1-7(10-15-13-6-16(10)2)14-9-5-8(11(17)18)3-4-12-9/h3-7H,1-2H3,(H,12,14)(H,17,18). The van der Waals surface area contributed by atoms with E-state index in [0.29, 0.717) is 5.82 Å². The predicted octanol–water partition coefficient (Wildman–Crippen LogP) is 1.08. The number of aromatic nitrogens is 4. The number of hydrogen-bond donors (Lipinski definition) is 2. The van der Waals surface area contributed by atoms with Crippen molar-refractivity contribution in [1.29, 1.82) is 0 Å². The van der Waals surface area contributed by atoms with Crippen LogP contribution in [0.1, 0.15) is 29.1 Å². The number of aromatic carboxylic acids is 1. The number of carbonyl (C=O) groups is 1. The summed E-state index contributed by atoms with van der Waals surface area (Å²) in [6.45, 7) is 1.90. The quantitative estimate of drug-likeness (QED) is 0.839. The molecule has 2 heterocycles. The van der Waals surface area contributed by atoms with E-state index < -0.39 is 5.97 Å².